The van der Waals surface area contributed by atoms with Crippen molar-refractivity contribution in [1.29, 1.82) is 0 Å². The molecule has 0 atom stereocenters. The molecule has 1 N–H and O–H groups in total. The van der Waals surface area contributed by atoms with E-state index in [9.17, 15) is 0 Å². The van der Waals surface area contributed by atoms with Crippen molar-refractivity contribution in [3.63, 3.8) is 0 Å². The van der Waals surface area contributed by atoms with Crippen LogP contribution in [0.4, 0.5) is 0 Å². The molecule has 0 aliphatic carbocycles. The average Bonchev–Trinajstić information content (AvgIpc) is 2.93. The Bertz CT molecular complexity index is 616. The van der Waals surface area contributed by atoms with Crippen molar-refractivity contribution in [1.82, 2.24) is 5.32 Å². The van der Waals surface area contributed by atoms with Crippen LogP contribution in [0, 0.1) is 0 Å². The summed E-state index contributed by atoms with van der Waals surface area (Å²) in [6.45, 7) is 30.3. The summed E-state index contributed by atoms with van der Waals surface area (Å²) in [5.41, 5.74) is 0. The van der Waals surface area contributed by atoms with Crippen LogP contribution in [0.25, 0.3) is 0 Å². The van der Waals surface area contributed by atoms with Gasteiger partial charge in [-0.15, -0.1) is 0 Å². The van der Waals surface area contributed by atoms with Gasteiger partial charge in [0.15, 0.2) is 16.6 Å². The zero-order valence-corrected chi connectivity index (χ0v) is 34.0. The molecule has 0 aliphatic heterocycles. The average molecular weight is 660 g/mol. The maximum Gasteiger partial charge on any atom is 0.192 e. The monoisotopic (exact) mass is 660 g/mol. The first-order valence-corrected chi connectivity index (χ1v) is 24.6. The summed E-state index contributed by atoms with van der Waals surface area (Å²) in [4.78, 5) is 0. The summed E-state index contributed by atoms with van der Waals surface area (Å²) >= 11 is 0. The van der Waals surface area contributed by atoms with Gasteiger partial charge in [-0.3, -0.25) is 0 Å². The molecule has 0 radical (unpaired) electrons. The number of hydrogen-bond donors (Lipinski definition) is 1. The van der Waals surface area contributed by atoms with E-state index in [4.69, 9.17) is 18.3 Å². The van der Waals surface area contributed by atoms with Crippen LogP contribution in [0.15, 0.2) is 0 Å². The predicted octanol–water partition coefficient (Wildman–Crippen LogP) is 11.3. The van der Waals surface area contributed by atoms with Gasteiger partial charge >= 0.3 is 0 Å². The number of nitrogens with one attached hydrogen (secondary N) is 1. The molecule has 0 unspecified atom stereocenters. The van der Waals surface area contributed by atoms with Crippen LogP contribution in [-0.2, 0) is 18.3 Å². The fourth-order valence-electron chi connectivity index (χ4n) is 4.62. The van der Waals surface area contributed by atoms with Crippen LogP contribution in [-0.4, -0.2) is 68.9 Å². The first-order valence-electron chi connectivity index (χ1n) is 18.8. The van der Waals surface area contributed by atoms with Crippen LogP contribution in [0.3, 0.4) is 0 Å². The number of unbranched alkanes of at least 4 members (excludes halogenated alkanes) is 15. The molecule has 0 fully saturated rings. The molecule has 5 nitrogen and oxygen atoms in total. The molecule has 0 aromatic rings. The summed E-state index contributed by atoms with van der Waals surface area (Å²) < 4.78 is 25.1. The third-order valence-corrected chi connectivity index (χ3v) is 19.1. The van der Waals surface area contributed by atoms with E-state index in [1.54, 1.807) is 0 Å². The minimum absolute atomic E-state index is 0.0603. The van der Waals surface area contributed by atoms with E-state index < -0.39 is 16.6 Å². The zero-order valence-electron chi connectivity index (χ0n) is 32.0. The Morgan fingerprint density at radius 3 is 1.27 bits per heavy atom. The van der Waals surface area contributed by atoms with Gasteiger partial charge in [-0.2, -0.15) is 0 Å². The predicted molar refractivity (Wildman–Crippen MR) is 199 cm³/mol. The topological polar surface area (TPSA) is 49.0 Å². The Morgan fingerprint density at radius 1 is 0.500 bits per heavy atom. The largest absolute Gasteiger partial charge is 0.414 e. The second-order valence-corrected chi connectivity index (χ2v) is 25.9. The number of hydrogen-bond acceptors (Lipinski definition) is 5. The van der Waals surface area contributed by atoms with Crippen LogP contribution < -0.4 is 5.32 Å². The van der Waals surface area contributed by atoms with Gasteiger partial charge in [0.1, 0.15) is 6.10 Å². The van der Waals surface area contributed by atoms with Crippen molar-refractivity contribution in [3.05, 3.63) is 0 Å². The number of rotatable bonds is 30. The van der Waals surface area contributed by atoms with E-state index in [0.717, 1.165) is 19.7 Å². The highest BCUT2D eigenvalue weighted by Crippen LogP contribution is 2.38. The molecule has 0 heterocycles. The van der Waals surface area contributed by atoms with E-state index in [1.165, 1.54) is 103 Å². The molecule has 0 spiro atoms. The normalized spacial score (nSPS) is 13.4. The molecular weight excluding hydrogens is 579 g/mol. The lowest BCUT2D eigenvalue weighted by atomic mass is 10.0. The molecule has 0 amide bonds. The molecule has 0 bridgehead atoms. The smallest absolute Gasteiger partial charge is 0.192 e. The fraction of sp³-hybridized carbons (Fsp3) is 1.00. The van der Waals surface area contributed by atoms with Gasteiger partial charge < -0.3 is 23.6 Å². The summed E-state index contributed by atoms with van der Waals surface area (Å²) in [7, 11) is -3.68. The highest BCUT2D eigenvalue weighted by atomic mass is 28.4. The third kappa shape index (κ3) is 23.5. The Balaban J connectivity index is 3.84. The molecule has 0 rings (SSSR count). The van der Waals surface area contributed by atoms with Crippen molar-refractivity contribution >= 4 is 16.6 Å². The van der Waals surface area contributed by atoms with Gasteiger partial charge in [0.05, 0.1) is 33.0 Å². The standard InChI is InChI=1S/C37H81NO4Si2/c1-12-13-14-15-16-17-18-19-20-21-22-23-24-25-26-27-28-38-29-30-39-31-32-40-35(33-41-43(8,9)36(2,3)4)34-42-44(10,11)37(5,6)7/h35,38H,12-34H2,1-11H3. The second-order valence-electron chi connectivity index (χ2n) is 16.3. The Hall–Kier alpha value is 0.234. The lowest BCUT2D eigenvalue weighted by Gasteiger charge is -2.39. The molecule has 0 saturated carbocycles. The highest BCUT2D eigenvalue weighted by Gasteiger charge is 2.39. The zero-order chi connectivity index (χ0) is 33.4. The summed E-state index contributed by atoms with van der Waals surface area (Å²) in [5, 5.41) is 3.90. The summed E-state index contributed by atoms with van der Waals surface area (Å²) in [6, 6.07) is 0. The molecule has 266 valence electrons. The van der Waals surface area contributed by atoms with Crippen LogP contribution in [0.5, 0.6) is 0 Å². The maximum atomic E-state index is 6.51. The lowest BCUT2D eigenvalue weighted by Crippen LogP contribution is -2.46. The quantitative estimate of drug-likeness (QED) is 0.0614. The van der Waals surface area contributed by atoms with Crippen molar-refractivity contribution in [3.8, 4) is 0 Å². The van der Waals surface area contributed by atoms with Gasteiger partial charge in [0.25, 0.3) is 0 Å². The molecule has 0 aromatic heterocycles. The molecule has 7 heteroatoms. The van der Waals surface area contributed by atoms with Crippen molar-refractivity contribution in [2.75, 3.05) is 46.1 Å². The summed E-state index contributed by atoms with van der Waals surface area (Å²) in [6.07, 6.45) is 22.6. The molecule has 0 aromatic carbocycles. The van der Waals surface area contributed by atoms with Crippen LogP contribution in [0.1, 0.15) is 151 Å². The lowest BCUT2D eigenvalue weighted by molar-refractivity contribution is -0.0368. The first kappa shape index (κ1) is 44.2. The van der Waals surface area contributed by atoms with Gasteiger partial charge in [-0.05, 0) is 49.2 Å². The van der Waals surface area contributed by atoms with Crippen molar-refractivity contribution in [2.45, 2.75) is 194 Å². The molecule has 0 aliphatic rings. The van der Waals surface area contributed by atoms with Crippen LogP contribution >= 0.6 is 0 Å². The highest BCUT2D eigenvalue weighted by molar-refractivity contribution is 6.74. The maximum absolute atomic E-state index is 6.51. The minimum atomic E-state index is -1.84. The van der Waals surface area contributed by atoms with Gasteiger partial charge in [-0.25, -0.2) is 0 Å². The van der Waals surface area contributed by atoms with Crippen molar-refractivity contribution in [2.24, 2.45) is 0 Å². The van der Waals surface area contributed by atoms with Gasteiger partial charge in [0.2, 0.25) is 0 Å². The Kier molecular flexibility index (Phi) is 25.4. The minimum Gasteiger partial charge on any atom is -0.414 e. The Morgan fingerprint density at radius 2 is 0.886 bits per heavy atom. The summed E-state index contributed by atoms with van der Waals surface area (Å²) in [5.74, 6) is 0. The number of ether oxygens (including phenoxy) is 2. The molecule has 44 heavy (non-hydrogen) atoms. The van der Waals surface area contributed by atoms with Gasteiger partial charge in [-0.1, -0.05) is 145 Å². The van der Waals surface area contributed by atoms with E-state index in [1.807, 2.05) is 0 Å². The SMILES string of the molecule is CCCCCCCCCCCCCCCCCCNCCOCCOC(CO[Si](C)(C)C(C)(C)C)CO[Si](C)(C)C(C)(C)C. The van der Waals surface area contributed by atoms with E-state index in [0.29, 0.717) is 26.4 Å². The second kappa shape index (κ2) is 25.3. The van der Waals surface area contributed by atoms with E-state index in [-0.39, 0.29) is 16.2 Å². The fourth-order valence-corrected chi connectivity index (χ4v) is 6.69. The van der Waals surface area contributed by atoms with E-state index in [2.05, 4.69) is 80.0 Å². The molecular formula is C37H81NO4Si2. The van der Waals surface area contributed by atoms with Crippen LogP contribution in [0.2, 0.25) is 36.3 Å². The van der Waals surface area contributed by atoms with Gasteiger partial charge in [0, 0.05) is 6.54 Å². The first-order chi connectivity index (χ1) is 20.6. The molecule has 0 saturated heterocycles. The van der Waals surface area contributed by atoms with E-state index >= 15 is 0 Å². The third-order valence-electron chi connectivity index (χ3n) is 10.1. The van der Waals surface area contributed by atoms with Crippen molar-refractivity contribution < 1.29 is 18.3 Å². The Labute approximate surface area is 279 Å².